The molecule has 0 fully saturated rings. The number of aromatic nitrogens is 12. The van der Waals surface area contributed by atoms with Crippen LogP contribution in [0, 0.1) is 0 Å². The van der Waals surface area contributed by atoms with Gasteiger partial charge in [-0.05, 0) is 101 Å². The Hall–Kier alpha value is -1.74. The number of benzene rings is 4. The van der Waals surface area contributed by atoms with E-state index in [-0.39, 0.29) is 385 Å². The minimum atomic E-state index is -5.37. The Morgan fingerprint density at radius 2 is 0.580 bits per heavy atom. The van der Waals surface area contributed by atoms with Gasteiger partial charge >= 0.3 is 236 Å². The maximum absolute atomic E-state index is 12.6. The molecule has 4 aromatic heterocycles. The van der Waals surface area contributed by atoms with Crippen LogP contribution in [0.15, 0.2) is 92.4 Å². The monoisotopic (exact) mass is 2390 g/mol. The maximum Gasteiger partial charge on any atom is 1.00 e. The molecule has 792 valence electrons. The van der Waals surface area contributed by atoms with Crippen molar-refractivity contribution in [3.8, 4) is 0 Å². The first-order valence-corrected chi connectivity index (χ1v) is 50.6. The Morgan fingerprint density at radius 3 is 0.820 bits per heavy atom. The quantitative estimate of drug-likeness (QED) is 0.00320. The topological polar surface area (TPSA) is 999 Å². The number of halogens is 2. The molecule has 0 aliphatic rings. The fourth-order valence-corrected chi connectivity index (χ4v) is 15.5. The summed E-state index contributed by atoms with van der Waals surface area (Å²) in [5, 5.41) is 194. The van der Waals surface area contributed by atoms with E-state index < -0.39 is 216 Å². The largest absolute Gasteiger partial charge is 1.00 e. The molecule has 8 rings (SSSR count). The summed E-state index contributed by atoms with van der Waals surface area (Å²) < 4.78 is 223. The van der Waals surface area contributed by atoms with Crippen molar-refractivity contribution in [1.82, 2.24) is 65.1 Å². The second-order valence-electron chi connectivity index (χ2n) is 28.4. The summed E-state index contributed by atoms with van der Waals surface area (Å²) in [6.07, 6.45) is -16.6. The number of nitrogens with zero attached hydrogens (tertiary/aromatic N) is 14. The van der Waals surface area contributed by atoms with Crippen LogP contribution in [0.3, 0.4) is 0 Å². The molecule has 0 bridgehead atoms. The molecule has 12 unspecified atom stereocenters. The fraction of sp³-hybridized carbons (Fsp3) is 0.429. The zero-order chi connectivity index (χ0) is 105. The van der Waals surface area contributed by atoms with E-state index in [2.05, 4.69) is 126 Å². The molecule has 0 saturated heterocycles. The number of hydrogen-bond donors (Lipinski definition) is 24. The third kappa shape index (κ3) is 54.8. The zero-order valence-corrected chi connectivity index (χ0v) is 104. The van der Waals surface area contributed by atoms with Crippen LogP contribution < -0.4 is 305 Å². The van der Waals surface area contributed by atoms with Crippen LogP contribution in [-0.2, 0) is 79.5 Å². The van der Waals surface area contributed by atoms with Crippen molar-refractivity contribution in [3.63, 3.8) is 0 Å². The van der Waals surface area contributed by atoms with Gasteiger partial charge < -0.3 is 172 Å². The first kappa shape index (κ1) is 154. The van der Waals surface area contributed by atoms with Crippen LogP contribution >= 0.6 is 47.3 Å². The van der Waals surface area contributed by atoms with Gasteiger partial charge in [0.1, 0.15) is 108 Å². The molecule has 0 saturated carbocycles. The molecule has 12 atom stereocenters. The SMILES string of the molecule is C.CN(CC(O)C(O)C(O)C(O)CO)c1nc(NCCSOO[O-])nc(Nc2ccc(C=Cc3ccc(Nc4nc(NCCS(=O)(=O)[O-])nc(N(C)CC(O)C(O)C(O)C(O)CO)n4)cc3S(=O)(=O)[O-])c(S(=O)(=O)[O-])c2)n1.CNCC(O)C(O)C(O)C(O)CO.O=S(=O)([O-])CCNc1nc(Cl)nc(Nc2ccc(C=Cc3ccc(Nc4nc(Cl)nc(NCCSOO[O-])n4)cc3S(=O)(=O)[O-])c(S(=O)(=O)[O-])c2)n1.[Na+].[Na+].[Na+].[Na+].[Na+].[Na+].[Na+].[Na+]. The molecule has 0 amide bonds. The summed E-state index contributed by atoms with van der Waals surface area (Å²) >= 11 is 13.1. The smallest absolute Gasteiger partial charge is 0.748 e. The third-order valence-electron chi connectivity index (χ3n) is 17.9. The Kier molecular flexibility index (Phi) is 77.0. The van der Waals surface area contributed by atoms with Crippen LogP contribution in [0.25, 0.3) is 24.3 Å². The summed E-state index contributed by atoms with van der Waals surface area (Å²) in [5.41, 5.74) is -1.35. The number of aliphatic hydroxyl groups excluding tert-OH is 15. The van der Waals surface area contributed by atoms with E-state index in [9.17, 15) is 134 Å². The van der Waals surface area contributed by atoms with Gasteiger partial charge in [0.25, 0.3) is 0 Å². The molecular formula is C70H93Cl2N23Na8O39S8. The van der Waals surface area contributed by atoms with Gasteiger partial charge in [-0.1, -0.05) is 56.0 Å². The summed E-state index contributed by atoms with van der Waals surface area (Å²) in [6, 6.07) is 13.3. The Bertz CT molecular complexity index is 6280. The third-order valence-corrected chi connectivity index (χ3v) is 24.2. The van der Waals surface area contributed by atoms with Crippen LogP contribution in [0.1, 0.15) is 29.7 Å². The van der Waals surface area contributed by atoms with E-state index >= 15 is 0 Å². The van der Waals surface area contributed by atoms with E-state index in [0.717, 1.165) is 65.6 Å². The number of likely N-dealkylation sites (N-methyl/N-ethyl adjacent to an activating group) is 3. The Labute approximate surface area is 1050 Å². The molecule has 0 aliphatic carbocycles. The molecule has 4 aromatic carbocycles. The van der Waals surface area contributed by atoms with E-state index in [1.807, 2.05) is 0 Å². The average Bonchev–Trinajstić information content (AvgIpc) is 0.797. The van der Waals surface area contributed by atoms with Crippen molar-refractivity contribution in [3.05, 3.63) is 106 Å². The number of rotatable bonds is 56. The van der Waals surface area contributed by atoms with Crippen molar-refractivity contribution < 1.29 is 420 Å². The molecule has 8 aromatic rings. The molecule has 4 heterocycles. The minimum Gasteiger partial charge on any atom is -0.748 e. The van der Waals surface area contributed by atoms with Crippen molar-refractivity contribution in [2.75, 3.05) is 162 Å². The zero-order valence-electron chi connectivity index (χ0n) is 80.4. The fourth-order valence-electron chi connectivity index (χ4n) is 11.1. The van der Waals surface area contributed by atoms with Crippen molar-refractivity contribution in [2.24, 2.45) is 0 Å². The number of aliphatic hydroxyl groups is 15. The van der Waals surface area contributed by atoms with Gasteiger partial charge in [-0.15, -0.1) is 0 Å². The average molecular weight is 2390 g/mol. The first-order valence-electron chi connectivity index (χ1n) is 39.2. The number of anilines is 14. The van der Waals surface area contributed by atoms with E-state index in [1.165, 1.54) is 55.4 Å². The Morgan fingerprint density at radius 1 is 0.353 bits per heavy atom. The van der Waals surface area contributed by atoms with Crippen LogP contribution in [0.2, 0.25) is 10.6 Å². The van der Waals surface area contributed by atoms with Gasteiger partial charge in [-0.25, -0.2) is 50.5 Å². The second kappa shape index (κ2) is 74.8. The van der Waals surface area contributed by atoms with Crippen molar-refractivity contribution in [1.29, 1.82) is 0 Å². The predicted molar refractivity (Wildman–Crippen MR) is 491 cm³/mol. The molecule has 80 heteroatoms. The number of hydrogen-bond acceptors (Lipinski definition) is 64. The summed E-state index contributed by atoms with van der Waals surface area (Å²) in [4.78, 5) is 47.1. The molecule has 0 spiro atoms. The van der Waals surface area contributed by atoms with Crippen LogP contribution in [0.5, 0.6) is 0 Å². The maximum atomic E-state index is 12.6. The Balaban J connectivity index is -0.00000125. The molecule has 62 nitrogen and oxygen atoms in total. The minimum absolute atomic E-state index is 0. The van der Waals surface area contributed by atoms with Crippen molar-refractivity contribution in [2.45, 2.75) is 100 Å². The molecule has 0 radical (unpaired) electrons. The summed E-state index contributed by atoms with van der Waals surface area (Å²) in [5.74, 6) is -3.85. The van der Waals surface area contributed by atoms with Gasteiger partial charge in [0.15, 0.2) is 0 Å². The van der Waals surface area contributed by atoms with Gasteiger partial charge in [-0.3, -0.25) is 10.1 Å². The second-order valence-corrected chi connectivity index (χ2v) is 39.1. The summed E-state index contributed by atoms with van der Waals surface area (Å²) in [7, 11) is -26.1. The number of nitrogens with one attached hydrogen (secondary N) is 9. The van der Waals surface area contributed by atoms with E-state index in [4.69, 9.17) is 53.8 Å². The van der Waals surface area contributed by atoms with Gasteiger partial charge in [-0.2, -0.15) is 68.5 Å². The van der Waals surface area contributed by atoms with E-state index in [1.54, 1.807) is 7.05 Å². The van der Waals surface area contributed by atoms with Gasteiger partial charge in [0.2, 0.25) is 70.1 Å². The van der Waals surface area contributed by atoms with Crippen LogP contribution in [-0.4, -0.2) is 397 Å². The van der Waals surface area contributed by atoms with Crippen LogP contribution in [0.4, 0.5) is 82.2 Å². The normalized spacial score (nSPS) is 13.9. The molecule has 0 aliphatic heterocycles. The molecule has 24 N–H and O–H groups in total. The van der Waals surface area contributed by atoms with Gasteiger partial charge in [0, 0.05) is 118 Å². The van der Waals surface area contributed by atoms with E-state index in [0.29, 0.717) is 24.1 Å². The predicted octanol–water partition coefficient (Wildman–Crippen LogP) is -32.1. The van der Waals surface area contributed by atoms with Crippen molar-refractivity contribution >= 4 is 215 Å². The molecular weight excluding hydrogens is 2300 g/mol. The first-order chi connectivity index (χ1) is 66.0. The standard InChI is InChI=1S/C38H56N12O22S4.C24H24Cl2N10O12S4.C7H17NO5.CH4.8Na/c1-49(15-23(53)29(57)31(59)25(55)17-51)37-45-33(39-9-11-73-72-71-61)43-35(47-37)41-21-7-5-19(27(13-21)75(65,66)67)3-4-20-6-8-22(14-28(20)76(68,69)70)42-36-44-34(40-10-12-74(62,63)64)46-38(48-36)50(2)16-24(54)30(58)32(60)26(56)18-52;25-19-31-21(27-7-9-49-48-47-37)35-23(33-19)29-15-5-3-13(17(11-15)51(41,42)43)1-2-14-4-6-16(12-18(14)52(44,45)46)30-24-34-20(26)32-22(36-24)28-8-10-50(38,39)40;1-8-2-4(10)6(12)7(13)5(11)3-9;;;;;;;;;/h3-8,13-14,23-26,29-32,51-61H,9-12,15-18H2,1-2H3,(H,62,63,64)(H,65,66,67)(H,68,69,70)(H2,39,41,43,45,47)(H2,40,42,44,46,48);1-6,11-12,37H,7-10H2,(H,38,39,40)(H,41,42,43)(H,44,45,46)(H2,27,29,31,33,35)(H2,28,30,32,34,36);4-13H,2-3H2,1H3;1H4;;;;;;;;/q;;;;8*+1/p-8. The summed E-state index contributed by atoms with van der Waals surface area (Å²) in [6.45, 7) is -4.15. The van der Waals surface area contributed by atoms with Gasteiger partial charge in [0.05, 0.1) is 77.2 Å². The molecule has 150 heavy (non-hydrogen) atoms.